The van der Waals surface area contributed by atoms with Crippen LogP contribution in [0, 0.1) is 23.7 Å². The Morgan fingerprint density at radius 3 is 2.54 bits per heavy atom. The molecule has 0 radical (unpaired) electrons. The van der Waals surface area contributed by atoms with E-state index in [-0.39, 0.29) is 18.1 Å². The van der Waals surface area contributed by atoms with Gasteiger partial charge >= 0.3 is 6.09 Å². The first kappa shape index (κ1) is 29.1. The van der Waals surface area contributed by atoms with E-state index in [1.54, 1.807) is 12.1 Å². The van der Waals surface area contributed by atoms with Gasteiger partial charge in [-0.25, -0.2) is 4.79 Å². The number of fused-ring (bicyclic) bond motifs is 1. The number of ether oxygens (including phenoxy) is 1. The zero-order valence-corrected chi connectivity index (χ0v) is 23.3. The summed E-state index contributed by atoms with van der Waals surface area (Å²) in [5.41, 5.74) is 3.17. The van der Waals surface area contributed by atoms with Gasteiger partial charge in [-0.3, -0.25) is 9.59 Å². The number of nitrogens with zero attached hydrogens (tertiary/aromatic N) is 1. The molecule has 1 aliphatic heterocycles. The molecule has 37 heavy (non-hydrogen) atoms. The van der Waals surface area contributed by atoms with Crippen LogP contribution in [0.5, 0.6) is 5.75 Å². The van der Waals surface area contributed by atoms with Crippen molar-refractivity contribution in [2.45, 2.75) is 59.0 Å². The normalized spacial score (nSPS) is 23.1. The fourth-order valence-corrected chi connectivity index (χ4v) is 6.02. The molecule has 8 nitrogen and oxygen atoms in total. The Morgan fingerprint density at radius 2 is 1.95 bits per heavy atom. The van der Waals surface area contributed by atoms with E-state index in [1.165, 1.54) is 0 Å². The zero-order chi connectivity index (χ0) is 27.4. The number of aliphatic hydroxyl groups is 2. The van der Waals surface area contributed by atoms with E-state index >= 15 is 0 Å². The maximum atomic E-state index is 13.1. The number of likely N-dealkylation sites (tertiary alicyclic amines) is 1. The lowest BCUT2D eigenvalue weighted by Gasteiger charge is -2.38. The molecule has 1 saturated heterocycles. The van der Waals surface area contributed by atoms with Crippen LogP contribution in [0.3, 0.4) is 0 Å². The van der Waals surface area contributed by atoms with Crippen molar-refractivity contribution in [2.24, 2.45) is 23.7 Å². The maximum absolute atomic E-state index is 13.1. The van der Waals surface area contributed by atoms with Crippen molar-refractivity contribution in [3.05, 3.63) is 45.0 Å². The van der Waals surface area contributed by atoms with Crippen molar-refractivity contribution in [2.75, 3.05) is 13.7 Å². The number of aromatic hydroxyl groups is 1. The number of rotatable bonds is 9. The fraction of sp³-hybridized carbons (Fsp3) is 0.536. The van der Waals surface area contributed by atoms with Gasteiger partial charge in [0, 0.05) is 16.0 Å². The number of amides is 3. The van der Waals surface area contributed by atoms with Crippen LogP contribution >= 0.6 is 15.9 Å². The highest BCUT2D eigenvalue weighted by Gasteiger charge is 2.57. The quantitative estimate of drug-likeness (QED) is 0.284. The van der Waals surface area contributed by atoms with E-state index in [0.717, 1.165) is 35.6 Å². The molecule has 1 heterocycles. The third kappa shape index (κ3) is 5.99. The Hall–Kier alpha value is -2.49. The van der Waals surface area contributed by atoms with Gasteiger partial charge in [0.05, 0.1) is 31.7 Å². The minimum absolute atomic E-state index is 0.0287. The molecule has 0 spiro atoms. The molecule has 4 atom stereocenters. The van der Waals surface area contributed by atoms with Gasteiger partial charge in [-0.15, -0.1) is 0 Å². The number of phenols is 1. The van der Waals surface area contributed by atoms with Gasteiger partial charge in [0.15, 0.2) is 0 Å². The molecule has 3 rings (SSSR count). The predicted octanol–water partition coefficient (Wildman–Crippen LogP) is 4.81. The summed E-state index contributed by atoms with van der Waals surface area (Å²) in [6.07, 6.45) is 2.77. The second kappa shape index (κ2) is 12.4. The molecule has 3 amide bonds. The monoisotopic (exact) mass is 577 g/mol. The molecule has 202 valence electrons. The highest BCUT2D eigenvalue weighted by Crippen LogP contribution is 2.48. The first-order chi connectivity index (χ1) is 17.5. The molecule has 1 fully saturated rings. The number of benzene rings is 1. The molecule has 0 bridgehead atoms. The second-order valence-electron chi connectivity index (χ2n) is 10.1. The number of carbonyl (C=O) groups is 3. The lowest BCUT2D eigenvalue weighted by Crippen LogP contribution is -2.40. The van der Waals surface area contributed by atoms with Crippen molar-refractivity contribution in [1.82, 2.24) is 4.90 Å². The smallest absolute Gasteiger partial charge is 0.423 e. The largest absolute Gasteiger partial charge is 0.507 e. The molecule has 3 N–H and O–H groups in total. The summed E-state index contributed by atoms with van der Waals surface area (Å²) in [6.45, 7) is 5.54. The predicted molar refractivity (Wildman–Crippen MR) is 142 cm³/mol. The summed E-state index contributed by atoms with van der Waals surface area (Å²) in [4.78, 5) is 38.8. The number of aliphatic hydroxyl groups excluding tert-OH is 2. The first-order valence-corrected chi connectivity index (χ1v) is 13.5. The van der Waals surface area contributed by atoms with Gasteiger partial charge in [-0.2, -0.15) is 4.90 Å². The summed E-state index contributed by atoms with van der Waals surface area (Å²) in [7, 11) is 1.11. The first-order valence-electron chi connectivity index (χ1n) is 12.7. The van der Waals surface area contributed by atoms with E-state index in [9.17, 15) is 29.7 Å². The van der Waals surface area contributed by atoms with Crippen LogP contribution in [0.1, 0.15) is 58.4 Å². The zero-order valence-electron chi connectivity index (χ0n) is 21.7. The lowest BCUT2D eigenvalue weighted by molar-refractivity contribution is -0.137. The number of phenolic OH excluding ortho intramolecular Hbond substituents is 1. The number of imide groups is 3. The highest BCUT2D eigenvalue weighted by atomic mass is 79.9. The molecule has 0 saturated carbocycles. The van der Waals surface area contributed by atoms with Crippen LogP contribution in [-0.2, 0) is 14.3 Å². The van der Waals surface area contributed by atoms with E-state index in [1.807, 2.05) is 26.0 Å². The van der Waals surface area contributed by atoms with Gasteiger partial charge in [0.2, 0.25) is 11.8 Å². The topological polar surface area (TPSA) is 124 Å². The SMILES string of the molecule is CCC/C(=C\c1cc(Br)ccc1O)CC[C@@H](O)C1=C(C(C)C)C[C@H]2C(=O)N(C(=O)OC)C(=O)[C@H]2[C@H]1CO. The van der Waals surface area contributed by atoms with E-state index in [4.69, 9.17) is 0 Å². The number of halogens is 1. The molecular weight excluding hydrogens is 542 g/mol. The van der Waals surface area contributed by atoms with E-state index < -0.39 is 48.4 Å². The maximum Gasteiger partial charge on any atom is 0.423 e. The standard InChI is InChI=1S/C28H36BrNO7/c1-5-6-16(11-17-12-18(29)8-10-22(17)32)7-9-23(33)24-19(15(2)3)13-20-25(21(24)14-31)27(35)30(26(20)34)28(36)37-4/h8,10-12,15,20-21,23,25,31-33H,5-7,9,13-14H2,1-4H3/b16-11+/t20-,21+,23-,25-/m1/s1. The number of hydrogen-bond acceptors (Lipinski definition) is 7. The molecule has 9 heteroatoms. The van der Waals surface area contributed by atoms with E-state index in [0.29, 0.717) is 28.9 Å². The van der Waals surface area contributed by atoms with Crippen LogP contribution in [-0.4, -0.2) is 57.9 Å². The Balaban J connectivity index is 1.91. The molecule has 2 aliphatic rings. The number of hydrogen-bond donors (Lipinski definition) is 3. The summed E-state index contributed by atoms with van der Waals surface area (Å²) >= 11 is 3.43. The highest BCUT2D eigenvalue weighted by molar-refractivity contribution is 9.10. The van der Waals surface area contributed by atoms with Crippen LogP contribution < -0.4 is 0 Å². The van der Waals surface area contributed by atoms with Gasteiger partial charge in [-0.05, 0) is 55.4 Å². The average Bonchev–Trinajstić information content (AvgIpc) is 3.12. The number of methoxy groups -OCH3 is 1. The third-order valence-corrected chi connectivity index (χ3v) is 7.88. The molecular formula is C28H36BrNO7. The van der Waals surface area contributed by atoms with Gasteiger partial charge in [-0.1, -0.05) is 60.3 Å². The molecule has 1 aromatic carbocycles. The summed E-state index contributed by atoms with van der Waals surface area (Å²) in [6, 6.07) is 5.22. The Kier molecular flexibility index (Phi) is 9.72. The van der Waals surface area contributed by atoms with Gasteiger partial charge < -0.3 is 20.1 Å². The fourth-order valence-electron chi connectivity index (χ4n) is 5.64. The van der Waals surface area contributed by atoms with Crippen LogP contribution in [0.2, 0.25) is 0 Å². The summed E-state index contributed by atoms with van der Waals surface area (Å²) in [5.74, 6) is -3.64. The second-order valence-corrected chi connectivity index (χ2v) is 11.0. The van der Waals surface area contributed by atoms with Crippen LogP contribution in [0.15, 0.2) is 39.4 Å². The Labute approximate surface area is 226 Å². The lowest BCUT2D eigenvalue weighted by atomic mass is 9.66. The van der Waals surface area contributed by atoms with Crippen LogP contribution in [0.25, 0.3) is 6.08 Å². The molecule has 0 aromatic heterocycles. The average molecular weight is 579 g/mol. The van der Waals surface area contributed by atoms with Crippen molar-refractivity contribution in [1.29, 1.82) is 0 Å². The third-order valence-electron chi connectivity index (χ3n) is 7.39. The van der Waals surface area contributed by atoms with Gasteiger partial charge in [0.1, 0.15) is 5.75 Å². The summed E-state index contributed by atoms with van der Waals surface area (Å²) < 4.78 is 5.49. The minimum atomic E-state index is -1.03. The molecule has 0 unspecified atom stereocenters. The van der Waals surface area contributed by atoms with Gasteiger partial charge in [0.25, 0.3) is 0 Å². The molecule has 1 aromatic rings. The van der Waals surface area contributed by atoms with Crippen molar-refractivity contribution < 1.29 is 34.4 Å². The Morgan fingerprint density at radius 1 is 1.24 bits per heavy atom. The summed E-state index contributed by atoms with van der Waals surface area (Å²) in [5, 5.41) is 32.0. The van der Waals surface area contributed by atoms with Crippen molar-refractivity contribution in [3.63, 3.8) is 0 Å². The van der Waals surface area contributed by atoms with E-state index in [2.05, 4.69) is 27.6 Å². The number of carbonyl (C=O) groups excluding carboxylic acids is 3. The number of allylic oxidation sites excluding steroid dienone is 2. The van der Waals surface area contributed by atoms with Crippen molar-refractivity contribution in [3.8, 4) is 5.75 Å². The minimum Gasteiger partial charge on any atom is -0.507 e. The Bertz CT molecular complexity index is 1110. The molecule has 1 aliphatic carbocycles. The van der Waals surface area contributed by atoms with Crippen molar-refractivity contribution >= 4 is 39.9 Å². The van der Waals surface area contributed by atoms with Crippen LogP contribution in [0.4, 0.5) is 4.79 Å².